The Kier molecular flexibility index (Phi) is 2.90. The minimum Gasteiger partial charge on any atom is -0.323 e. The number of aryl methyl sites for hydroxylation is 1. The number of hydrogen-bond acceptors (Lipinski definition) is 1. The predicted molar refractivity (Wildman–Crippen MR) is 53.7 cm³/mol. The molecule has 0 amide bonds. The molecule has 70 valence electrons. The van der Waals surface area contributed by atoms with E-state index in [1.165, 1.54) is 0 Å². The Morgan fingerprint density at radius 1 is 1.46 bits per heavy atom. The molecule has 0 saturated heterocycles. The molecule has 0 aromatic carbocycles. The van der Waals surface area contributed by atoms with Crippen LogP contribution in [0.4, 0.5) is 0 Å². The van der Waals surface area contributed by atoms with E-state index in [4.69, 9.17) is 5.73 Å². The Labute approximate surface area is 83.2 Å². The number of hydrogen-bond donors (Lipinski definition) is 1. The van der Waals surface area contributed by atoms with Gasteiger partial charge in [-0.2, -0.15) is 0 Å². The lowest BCUT2D eigenvalue weighted by atomic mass is 10.5. The van der Waals surface area contributed by atoms with Gasteiger partial charge in [0.05, 0.1) is 19.8 Å². The molecular formula is C9H13ClN3+. The third kappa shape index (κ3) is 1.53. The molecule has 0 radical (unpaired) electrons. The predicted octanol–water partition coefficient (Wildman–Crippen LogP) is 0.644. The van der Waals surface area contributed by atoms with Crippen LogP contribution in [0.15, 0.2) is 30.6 Å². The van der Waals surface area contributed by atoms with Crippen molar-refractivity contribution in [2.75, 3.05) is 0 Å². The first kappa shape index (κ1) is 10.0. The van der Waals surface area contributed by atoms with Gasteiger partial charge < -0.3 is 5.73 Å². The summed E-state index contributed by atoms with van der Waals surface area (Å²) in [6, 6.07) is 6.10. The van der Waals surface area contributed by atoms with E-state index in [2.05, 4.69) is 21.2 Å². The van der Waals surface area contributed by atoms with Crippen molar-refractivity contribution in [2.45, 2.75) is 6.54 Å². The van der Waals surface area contributed by atoms with Crippen molar-refractivity contribution >= 4 is 18.1 Å². The number of halogens is 1. The molecule has 2 aromatic rings. The fraction of sp³-hybridized carbons (Fsp3) is 0.222. The molecule has 4 heteroatoms. The maximum absolute atomic E-state index is 5.58. The molecule has 0 spiro atoms. The highest BCUT2D eigenvalue weighted by molar-refractivity contribution is 5.85. The van der Waals surface area contributed by atoms with E-state index >= 15 is 0 Å². The van der Waals surface area contributed by atoms with E-state index in [1.54, 1.807) is 0 Å². The average molecular weight is 199 g/mol. The lowest BCUT2D eigenvalue weighted by Crippen LogP contribution is -2.17. The summed E-state index contributed by atoms with van der Waals surface area (Å²) in [5, 5.41) is 0. The third-order valence-electron chi connectivity index (χ3n) is 2.14. The molecule has 0 fully saturated rings. The molecule has 2 aromatic heterocycles. The van der Waals surface area contributed by atoms with Gasteiger partial charge >= 0.3 is 0 Å². The first-order valence-corrected chi connectivity index (χ1v) is 3.97. The molecule has 0 saturated carbocycles. The van der Waals surface area contributed by atoms with Crippen molar-refractivity contribution in [3.8, 4) is 0 Å². The molecule has 0 aliphatic rings. The summed E-state index contributed by atoms with van der Waals surface area (Å²) in [6.45, 7) is 0.582. The zero-order valence-electron chi connectivity index (χ0n) is 7.47. The third-order valence-corrected chi connectivity index (χ3v) is 2.14. The monoisotopic (exact) mass is 198 g/mol. The van der Waals surface area contributed by atoms with Gasteiger partial charge in [0, 0.05) is 6.07 Å². The lowest BCUT2D eigenvalue weighted by Gasteiger charge is -1.88. The van der Waals surface area contributed by atoms with E-state index in [0.717, 1.165) is 11.3 Å². The summed E-state index contributed by atoms with van der Waals surface area (Å²) in [5.74, 6) is 0. The van der Waals surface area contributed by atoms with Crippen LogP contribution in [0.5, 0.6) is 0 Å². The quantitative estimate of drug-likeness (QED) is 0.671. The van der Waals surface area contributed by atoms with E-state index in [1.807, 2.05) is 25.4 Å². The van der Waals surface area contributed by atoms with Crippen LogP contribution in [0.1, 0.15) is 5.69 Å². The summed E-state index contributed by atoms with van der Waals surface area (Å²) in [5.41, 5.74) is 7.89. The van der Waals surface area contributed by atoms with Crippen LogP contribution in [-0.4, -0.2) is 4.57 Å². The van der Waals surface area contributed by atoms with Crippen LogP contribution in [0, 0.1) is 0 Å². The van der Waals surface area contributed by atoms with Gasteiger partial charge in [-0.1, -0.05) is 6.07 Å². The van der Waals surface area contributed by atoms with Crippen molar-refractivity contribution in [3.63, 3.8) is 0 Å². The standard InChI is InChI=1S/C9H12N3.ClH/c1-11-8(6-10)7-12-5-3-2-4-9(11)12;/h2-5,7H,6,10H2,1H3;1H/q+1;. The molecule has 0 unspecified atom stereocenters. The molecule has 0 aliphatic carbocycles. The smallest absolute Gasteiger partial charge is 0.286 e. The number of nitrogens with two attached hydrogens (primary N) is 1. The number of nitrogens with zero attached hydrogens (tertiary/aromatic N) is 2. The molecule has 0 atom stereocenters. The fourth-order valence-electron chi connectivity index (χ4n) is 1.42. The Morgan fingerprint density at radius 2 is 2.23 bits per heavy atom. The van der Waals surface area contributed by atoms with E-state index in [9.17, 15) is 0 Å². The zero-order valence-corrected chi connectivity index (χ0v) is 8.29. The van der Waals surface area contributed by atoms with Gasteiger partial charge in [-0.3, -0.25) is 0 Å². The van der Waals surface area contributed by atoms with Crippen molar-refractivity contribution in [2.24, 2.45) is 12.8 Å². The van der Waals surface area contributed by atoms with Gasteiger partial charge in [0.1, 0.15) is 6.20 Å². The summed E-state index contributed by atoms with van der Waals surface area (Å²) in [6.07, 6.45) is 4.07. The zero-order chi connectivity index (χ0) is 8.55. The normalized spacial score (nSPS) is 10.0. The minimum absolute atomic E-state index is 0. The number of imidazole rings is 1. The number of aromatic nitrogens is 2. The molecule has 0 aliphatic heterocycles. The Morgan fingerprint density at radius 3 is 2.85 bits per heavy atom. The van der Waals surface area contributed by atoms with Crippen LogP contribution in [-0.2, 0) is 13.6 Å². The van der Waals surface area contributed by atoms with Crippen molar-refractivity contribution < 1.29 is 4.40 Å². The highest BCUT2D eigenvalue weighted by Gasteiger charge is 2.10. The maximum atomic E-state index is 5.58. The van der Waals surface area contributed by atoms with E-state index < -0.39 is 0 Å². The fourth-order valence-corrected chi connectivity index (χ4v) is 1.42. The molecule has 13 heavy (non-hydrogen) atoms. The van der Waals surface area contributed by atoms with Gasteiger partial charge in [-0.15, -0.1) is 12.4 Å². The second kappa shape index (κ2) is 3.77. The maximum Gasteiger partial charge on any atom is 0.286 e. The van der Waals surface area contributed by atoms with Crippen LogP contribution in [0.2, 0.25) is 0 Å². The summed E-state index contributed by atoms with van der Waals surface area (Å²) >= 11 is 0. The molecule has 3 nitrogen and oxygen atoms in total. The van der Waals surface area contributed by atoms with Crippen molar-refractivity contribution in [1.29, 1.82) is 0 Å². The van der Waals surface area contributed by atoms with Gasteiger partial charge in [0.15, 0.2) is 5.69 Å². The SMILES string of the molecule is Cl.Cn1c(CN)c[n+]2ccccc12. The first-order chi connectivity index (χ1) is 5.83. The lowest BCUT2D eigenvalue weighted by molar-refractivity contribution is -0.510. The largest absolute Gasteiger partial charge is 0.323 e. The van der Waals surface area contributed by atoms with Gasteiger partial charge in [-0.05, 0) is 6.07 Å². The van der Waals surface area contributed by atoms with Crippen LogP contribution < -0.4 is 10.1 Å². The van der Waals surface area contributed by atoms with Crippen LogP contribution >= 0.6 is 12.4 Å². The molecule has 2 heterocycles. The molecular weight excluding hydrogens is 186 g/mol. The number of rotatable bonds is 1. The van der Waals surface area contributed by atoms with Gasteiger partial charge in [-0.25, -0.2) is 8.97 Å². The highest BCUT2D eigenvalue weighted by atomic mass is 35.5. The van der Waals surface area contributed by atoms with Crippen LogP contribution in [0.3, 0.4) is 0 Å². The van der Waals surface area contributed by atoms with E-state index in [-0.39, 0.29) is 12.4 Å². The topological polar surface area (TPSA) is 35.0 Å². The Hall–Kier alpha value is -1.06. The van der Waals surface area contributed by atoms with E-state index in [0.29, 0.717) is 6.54 Å². The number of pyridine rings is 1. The van der Waals surface area contributed by atoms with Crippen molar-refractivity contribution in [3.05, 3.63) is 36.3 Å². The molecule has 2 rings (SSSR count). The first-order valence-electron chi connectivity index (χ1n) is 3.97. The highest BCUT2D eigenvalue weighted by Crippen LogP contribution is 2.00. The van der Waals surface area contributed by atoms with Gasteiger partial charge in [0.25, 0.3) is 5.65 Å². The Bertz CT molecular complexity index is 408. The molecule has 2 N–H and O–H groups in total. The average Bonchev–Trinajstić information content (AvgIpc) is 2.44. The van der Waals surface area contributed by atoms with Crippen molar-refractivity contribution in [1.82, 2.24) is 4.57 Å². The van der Waals surface area contributed by atoms with Crippen LogP contribution in [0.25, 0.3) is 5.65 Å². The summed E-state index contributed by atoms with van der Waals surface area (Å²) in [4.78, 5) is 0. The second-order valence-electron chi connectivity index (χ2n) is 2.85. The summed E-state index contributed by atoms with van der Waals surface area (Å²) in [7, 11) is 2.03. The minimum atomic E-state index is 0. The summed E-state index contributed by atoms with van der Waals surface area (Å²) < 4.78 is 4.17. The second-order valence-corrected chi connectivity index (χ2v) is 2.85. The Balaban J connectivity index is 0.000000845. The van der Waals surface area contributed by atoms with Gasteiger partial charge in [0.2, 0.25) is 0 Å². The number of fused-ring (bicyclic) bond motifs is 1. The molecule has 0 bridgehead atoms.